The van der Waals surface area contributed by atoms with Crippen molar-refractivity contribution in [2.45, 2.75) is 0 Å². The van der Waals surface area contributed by atoms with Crippen molar-refractivity contribution in [1.82, 2.24) is 13.8 Å². The van der Waals surface area contributed by atoms with E-state index in [4.69, 9.17) is 4.74 Å². The van der Waals surface area contributed by atoms with Gasteiger partial charge in [-0.15, -0.1) is 11.3 Å². The molecule has 0 spiro atoms. The molecule has 11 heteroatoms. The SMILES string of the molecule is COc1cc(-c2cn(C)c(=O)c3cc(C(=O)N4CCN(S(C)(=O)=O)CC4)sc23)ccc1Br. The highest BCUT2D eigenvalue weighted by atomic mass is 79.9. The van der Waals surface area contributed by atoms with E-state index in [-0.39, 0.29) is 24.6 Å². The number of piperazine rings is 1. The van der Waals surface area contributed by atoms with Gasteiger partial charge in [0.05, 0.1) is 28.1 Å². The lowest BCUT2D eigenvalue weighted by molar-refractivity contribution is 0.0703. The van der Waals surface area contributed by atoms with Gasteiger partial charge in [-0.05, 0) is 39.7 Å². The summed E-state index contributed by atoms with van der Waals surface area (Å²) in [6, 6.07) is 7.34. The second-order valence-corrected chi connectivity index (χ2v) is 11.5. The molecule has 1 aliphatic heterocycles. The predicted molar refractivity (Wildman–Crippen MR) is 129 cm³/mol. The molecule has 32 heavy (non-hydrogen) atoms. The summed E-state index contributed by atoms with van der Waals surface area (Å²) in [6.07, 6.45) is 2.94. The van der Waals surface area contributed by atoms with E-state index in [0.717, 1.165) is 20.3 Å². The van der Waals surface area contributed by atoms with E-state index in [1.54, 1.807) is 31.3 Å². The Bertz CT molecular complexity index is 1370. The third-order valence-corrected chi connectivity index (χ3v) is 8.63. The van der Waals surface area contributed by atoms with Crippen LogP contribution in [0.25, 0.3) is 21.2 Å². The van der Waals surface area contributed by atoms with E-state index in [0.29, 0.717) is 29.1 Å². The Morgan fingerprint density at radius 3 is 2.47 bits per heavy atom. The van der Waals surface area contributed by atoms with E-state index in [1.807, 2.05) is 18.2 Å². The Labute approximate surface area is 198 Å². The molecule has 0 unspecified atom stereocenters. The van der Waals surface area contributed by atoms with E-state index < -0.39 is 10.0 Å². The molecule has 0 aliphatic carbocycles. The maximum Gasteiger partial charge on any atom is 0.264 e. The van der Waals surface area contributed by atoms with E-state index >= 15 is 0 Å². The number of aryl methyl sites for hydroxylation is 1. The molecule has 1 saturated heterocycles. The largest absolute Gasteiger partial charge is 0.496 e. The number of benzene rings is 1. The molecule has 0 bridgehead atoms. The zero-order valence-electron chi connectivity index (χ0n) is 17.8. The van der Waals surface area contributed by atoms with Crippen LogP contribution in [0.2, 0.25) is 0 Å². The number of fused-ring (bicyclic) bond motifs is 1. The van der Waals surface area contributed by atoms with Crippen molar-refractivity contribution in [2.24, 2.45) is 7.05 Å². The summed E-state index contributed by atoms with van der Waals surface area (Å²) in [7, 11) is -0.000989. The lowest BCUT2D eigenvalue weighted by Gasteiger charge is -2.32. The molecule has 1 aliphatic rings. The van der Waals surface area contributed by atoms with Gasteiger partial charge in [0.25, 0.3) is 11.5 Å². The van der Waals surface area contributed by atoms with Crippen molar-refractivity contribution < 1.29 is 17.9 Å². The van der Waals surface area contributed by atoms with Crippen LogP contribution in [0.5, 0.6) is 5.75 Å². The normalized spacial score (nSPS) is 15.3. The molecule has 0 atom stereocenters. The topological polar surface area (TPSA) is 88.9 Å². The number of ether oxygens (including phenoxy) is 1. The molecule has 1 fully saturated rings. The van der Waals surface area contributed by atoms with Crippen molar-refractivity contribution in [3.05, 3.63) is 50.2 Å². The van der Waals surface area contributed by atoms with Gasteiger partial charge in [-0.25, -0.2) is 8.42 Å². The van der Waals surface area contributed by atoms with Crippen molar-refractivity contribution in [2.75, 3.05) is 39.5 Å². The number of nitrogens with zero attached hydrogens (tertiary/aromatic N) is 3. The molecule has 0 N–H and O–H groups in total. The second kappa shape index (κ2) is 8.62. The molecular weight excluding hydrogens is 518 g/mol. The number of halogens is 1. The van der Waals surface area contributed by atoms with Gasteiger partial charge in [0.1, 0.15) is 5.75 Å². The van der Waals surface area contributed by atoms with Crippen LogP contribution in [0.3, 0.4) is 0 Å². The first-order valence-corrected chi connectivity index (χ1v) is 13.3. The lowest BCUT2D eigenvalue weighted by atomic mass is 10.1. The van der Waals surface area contributed by atoms with Crippen LogP contribution >= 0.6 is 27.3 Å². The Kier molecular flexibility index (Phi) is 6.19. The van der Waals surface area contributed by atoms with Gasteiger partial charge in [-0.1, -0.05) is 6.07 Å². The summed E-state index contributed by atoms with van der Waals surface area (Å²) in [4.78, 5) is 28.0. The highest BCUT2D eigenvalue weighted by Gasteiger charge is 2.28. The van der Waals surface area contributed by atoms with Gasteiger partial charge in [-0.2, -0.15) is 4.31 Å². The number of hydrogen-bond donors (Lipinski definition) is 0. The third-order valence-electron chi connectivity index (χ3n) is 5.52. The Morgan fingerprint density at radius 1 is 1.16 bits per heavy atom. The molecule has 4 rings (SSSR count). The van der Waals surface area contributed by atoms with Gasteiger partial charge in [-0.3, -0.25) is 9.59 Å². The van der Waals surface area contributed by atoms with Crippen molar-refractivity contribution in [3.8, 4) is 16.9 Å². The highest BCUT2D eigenvalue weighted by Crippen LogP contribution is 2.37. The first kappa shape index (κ1) is 23.0. The molecule has 3 heterocycles. The number of hydrogen-bond acceptors (Lipinski definition) is 6. The van der Waals surface area contributed by atoms with Crippen LogP contribution in [-0.4, -0.2) is 67.6 Å². The van der Waals surface area contributed by atoms with Gasteiger partial charge in [0.15, 0.2) is 0 Å². The number of aromatic nitrogens is 1. The van der Waals surface area contributed by atoms with Gasteiger partial charge in [0.2, 0.25) is 10.0 Å². The lowest BCUT2D eigenvalue weighted by Crippen LogP contribution is -2.50. The van der Waals surface area contributed by atoms with Crippen LogP contribution in [0.1, 0.15) is 9.67 Å². The number of rotatable bonds is 4. The zero-order valence-corrected chi connectivity index (χ0v) is 21.0. The summed E-state index contributed by atoms with van der Waals surface area (Å²) in [5, 5.41) is 0.481. The minimum atomic E-state index is -3.28. The van der Waals surface area contributed by atoms with Crippen LogP contribution < -0.4 is 10.3 Å². The molecule has 0 radical (unpaired) electrons. The van der Waals surface area contributed by atoms with Crippen molar-refractivity contribution >= 4 is 53.3 Å². The molecule has 1 aromatic carbocycles. The molecule has 8 nitrogen and oxygen atoms in total. The van der Waals surface area contributed by atoms with Crippen LogP contribution in [0.15, 0.2) is 39.7 Å². The van der Waals surface area contributed by atoms with Crippen molar-refractivity contribution in [1.29, 1.82) is 0 Å². The van der Waals surface area contributed by atoms with Crippen LogP contribution in [-0.2, 0) is 17.1 Å². The minimum Gasteiger partial charge on any atom is -0.496 e. The number of carbonyl (C=O) groups is 1. The fourth-order valence-electron chi connectivity index (χ4n) is 3.77. The monoisotopic (exact) mass is 539 g/mol. The number of thiophene rings is 1. The van der Waals surface area contributed by atoms with Crippen molar-refractivity contribution in [3.63, 3.8) is 0 Å². The average molecular weight is 540 g/mol. The summed E-state index contributed by atoms with van der Waals surface area (Å²) in [5.74, 6) is 0.474. The molecule has 170 valence electrons. The summed E-state index contributed by atoms with van der Waals surface area (Å²) in [6.45, 7) is 1.16. The molecule has 1 amide bonds. The van der Waals surface area contributed by atoms with E-state index in [2.05, 4.69) is 15.9 Å². The minimum absolute atomic E-state index is 0.176. The molecule has 0 saturated carbocycles. The highest BCUT2D eigenvalue weighted by molar-refractivity contribution is 9.10. The standard InChI is InChI=1S/C21H22BrN3O5S2/c1-23-12-15(13-4-5-16(22)17(10-13)30-2)19-14(20(23)26)11-18(31-19)21(27)24-6-8-25(9-7-24)32(3,28)29/h4-5,10-12H,6-9H2,1-3H3. The molecular formula is C21H22BrN3O5S2. The first-order valence-electron chi connectivity index (χ1n) is 9.81. The maximum atomic E-state index is 13.1. The number of methoxy groups -OCH3 is 1. The average Bonchev–Trinajstić information content (AvgIpc) is 3.21. The van der Waals surface area contributed by atoms with Crippen LogP contribution in [0, 0.1) is 0 Å². The Hall–Kier alpha value is -2.21. The van der Waals surface area contributed by atoms with Gasteiger partial charge < -0.3 is 14.2 Å². The van der Waals surface area contributed by atoms with Gasteiger partial charge in [0, 0.05) is 49.7 Å². The number of sulfonamides is 1. The first-order chi connectivity index (χ1) is 15.1. The molecule has 3 aromatic rings. The van der Waals surface area contributed by atoms with Crippen LogP contribution in [0.4, 0.5) is 0 Å². The van der Waals surface area contributed by atoms with Gasteiger partial charge >= 0.3 is 0 Å². The Balaban J connectivity index is 1.73. The number of pyridine rings is 1. The summed E-state index contributed by atoms with van der Waals surface area (Å²) in [5.41, 5.74) is 1.53. The van der Waals surface area contributed by atoms with E-state index in [1.165, 1.54) is 26.5 Å². The second-order valence-electron chi connectivity index (χ2n) is 7.62. The zero-order chi connectivity index (χ0) is 23.2. The summed E-state index contributed by atoms with van der Waals surface area (Å²) >= 11 is 4.73. The van der Waals surface area contributed by atoms with E-state index in [9.17, 15) is 18.0 Å². The quantitative estimate of drug-likeness (QED) is 0.508. The third kappa shape index (κ3) is 4.21. The Morgan fingerprint density at radius 2 is 1.84 bits per heavy atom. The predicted octanol–water partition coefficient (Wildman–Crippen LogP) is 2.76. The molecule has 2 aromatic heterocycles. The smallest absolute Gasteiger partial charge is 0.264 e. The number of carbonyl (C=O) groups excluding carboxylic acids is 1. The number of amides is 1. The fourth-order valence-corrected chi connectivity index (χ4v) is 6.15. The maximum absolute atomic E-state index is 13.1. The fraction of sp³-hybridized carbons (Fsp3) is 0.333. The summed E-state index contributed by atoms with van der Waals surface area (Å²) < 4.78 is 33.3.